The van der Waals surface area contributed by atoms with Gasteiger partial charge in [-0.3, -0.25) is 0 Å². The molecule has 0 aliphatic rings. The van der Waals surface area contributed by atoms with Crippen LogP contribution in [0.1, 0.15) is 38.8 Å². The van der Waals surface area contributed by atoms with Gasteiger partial charge in [0.1, 0.15) is 0 Å². The van der Waals surface area contributed by atoms with Gasteiger partial charge in [0.25, 0.3) is 0 Å². The number of aryl methyl sites for hydroxylation is 1. The Hall–Kier alpha value is -0.850. The van der Waals surface area contributed by atoms with E-state index >= 15 is 0 Å². The second-order valence-corrected chi connectivity index (χ2v) is 3.50. The van der Waals surface area contributed by atoms with E-state index < -0.39 is 0 Å². The van der Waals surface area contributed by atoms with Crippen LogP contribution in [0.5, 0.6) is 0 Å². The maximum Gasteiger partial charge on any atom is 0.169 e. The van der Waals surface area contributed by atoms with Crippen LogP contribution in [0.25, 0.3) is 0 Å². The maximum atomic E-state index is 2.22. The summed E-state index contributed by atoms with van der Waals surface area (Å²) in [6.07, 6.45) is 6.75. The van der Waals surface area contributed by atoms with Gasteiger partial charge in [-0.15, -0.1) is 0 Å². The van der Waals surface area contributed by atoms with Crippen LogP contribution in [0.3, 0.4) is 0 Å². The van der Waals surface area contributed by atoms with Gasteiger partial charge >= 0.3 is 0 Å². The van der Waals surface area contributed by atoms with Crippen LogP contribution in [0.15, 0.2) is 24.5 Å². The average molecular weight is 164 g/mol. The van der Waals surface area contributed by atoms with E-state index in [1.807, 2.05) is 0 Å². The Balaban J connectivity index is 2.71. The van der Waals surface area contributed by atoms with Gasteiger partial charge < -0.3 is 0 Å². The summed E-state index contributed by atoms with van der Waals surface area (Å²) in [6, 6.07) is 4.99. The smallest absolute Gasteiger partial charge is 0.169 e. The lowest BCUT2D eigenvalue weighted by molar-refractivity contribution is -0.716. The minimum Gasteiger partial charge on any atom is -0.203 e. The highest BCUT2D eigenvalue weighted by Crippen LogP contribution is 2.00. The zero-order valence-corrected chi connectivity index (χ0v) is 8.25. The van der Waals surface area contributed by atoms with Crippen molar-refractivity contribution in [2.75, 3.05) is 0 Å². The van der Waals surface area contributed by atoms with Crippen molar-refractivity contribution in [1.82, 2.24) is 0 Å². The quantitative estimate of drug-likeness (QED) is 0.604. The number of aromatic nitrogens is 1. The Kier molecular flexibility index (Phi) is 3.27. The first-order valence-corrected chi connectivity index (χ1v) is 4.73. The molecule has 12 heavy (non-hydrogen) atoms. The highest BCUT2D eigenvalue weighted by molar-refractivity contribution is 5.06. The lowest BCUT2D eigenvalue weighted by atomic mass is 10.1. The molecule has 1 nitrogen and oxygen atoms in total. The summed E-state index contributed by atoms with van der Waals surface area (Å²) in [4.78, 5) is 0. The molecule has 0 saturated heterocycles. The van der Waals surface area contributed by atoms with Crippen molar-refractivity contribution < 1.29 is 4.57 Å². The van der Waals surface area contributed by atoms with Crippen LogP contribution in [0, 0.1) is 0 Å². The van der Waals surface area contributed by atoms with Gasteiger partial charge in [-0.1, -0.05) is 13.3 Å². The molecule has 0 saturated carbocycles. The lowest BCUT2D eigenvalue weighted by Gasteiger charge is -2.00. The molecule has 0 bridgehead atoms. The first kappa shape index (κ1) is 9.24. The van der Waals surface area contributed by atoms with Crippen LogP contribution >= 0.6 is 0 Å². The molecule has 1 aromatic rings. The van der Waals surface area contributed by atoms with E-state index in [4.69, 9.17) is 0 Å². The molecule has 0 unspecified atom stereocenters. The number of rotatable bonds is 3. The SMILES string of the molecule is CCCc1cc[n+](C(C)C)cc1. The Morgan fingerprint density at radius 2 is 1.83 bits per heavy atom. The van der Waals surface area contributed by atoms with E-state index in [2.05, 4.69) is 49.9 Å². The predicted molar refractivity (Wildman–Crippen MR) is 51.0 cm³/mol. The Labute approximate surface area is 75.1 Å². The van der Waals surface area contributed by atoms with Crippen molar-refractivity contribution in [3.8, 4) is 0 Å². The fourth-order valence-corrected chi connectivity index (χ4v) is 1.27. The van der Waals surface area contributed by atoms with Gasteiger partial charge in [0, 0.05) is 12.1 Å². The summed E-state index contributed by atoms with van der Waals surface area (Å²) < 4.78 is 2.22. The maximum absolute atomic E-state index is 2.22. The number of pyridine rings is 1. The Morgan fingerprint density at radius 1 is 1.25 bits per heavy atom. The fourth-order valence-electron chi connectivity index (χ4n) is 1.27. The van der Waals surface area contributed by atoms with Crippen LogP contribution in [0.2, 0.25) is 0 Å². The minimum absolute atomic E-state index is 0.570. The molecular weight excluding hydrogens is 146 g/mol. The summed E-state index contributed by atoms with van der Waals surface area (Å²) in [5.74, 6) is 0. The lowest BCUT2D eigenvalue weighted by Crippen LogP contribution is -2.34. The number of hydrogen-bond donors (Lipinski definition) is 0. The molecule has 0 aliphatic heterocycles. The molecule has 66 valence electrons. The van der Waals surface area contributed by atoms with Gasteiger partial charge in [0.2, 0.25) is 0 Å². The highest BCUT2D eigenvalue weighted by Gasteiger charge is 2.03. The van der Waals surface area contributed by atoms with E-state index in [0.29, 0.717) is 6.04 Å². The Morgan fingerprint density at radius 3 is 2.25 bits per heavy atom. The van der Waals surface area contributed by atoms with Crippen molar-refractivity contribution in [3.05, 3.63) is 30.1 Å². The molecule has 0 aliphatic carbocycles. The van der Waals surface area contributed by atoms with E-state index in [-0.39, 0.29) is 0 Å². The molecule has 0 spiro atoms. The van der Waals surface area contributed by atoms with Gasteiger partial charge in [0.15, 0.2) is 18.4 Å². The van der Waals surface area contributed by atoms with Crippen LogP contribution < -0.4 is 4.57 Å². The summed E-state index contributed by atoms with van der Waals surface area (Å²) in [6.45, 7) is 6.60. The molecule has 1 rings (SSSR count). The summed E-state index contributed by atoms with van der Waals surface area (Å²) >= 11 is 0. The first-order chi connectivity index (χ1) is 5.74. The van der Waals surface area contributed by atoms with Crippen LogP contribution in [-0.4, -0.2) is 0 Å². The van der Waals surface area contributed by atoms with Crippen molar-refractivity contribution in [2.45, 2.75) is 39.7 Å². The van der Waals surface area contributed by atoms with Crippen LogP contribution in [-0.2, 0) is 6.42 Å². The highest BCUT2D eigenvalue weighted by atomic mass is 15.0. The number of hydrogen-bond acceptors (Lipinski definition) is 0. The molecule has 1 aromatic heterocycles. The molecule has 0 aromatic carbocycles. The second kappa shape index (κ2) is 4.24. The second-order valence-electron chi connectivity index (χ2n) is 3.50. The van der Waals surface area contributed by atoms with Crippen LogP contribution in [0.4, 0.5) is 0 Å². The zero-order valence-electron chi connectivity index (χ0n) is 8.25. The van der Waals surface area contributed by atoms with Gasteiger partial charge in [-0.25, -0.2) is 4.57 Å². The summed E-state index contributed by atoms with van der Waals surface area (Å²) in [5.41, 5.74) is 1.44. The molecule has 0 fully saturated rings. The minimum atomic E-state index is 0.570. The average Bonchev–Trinajstić information content (AvgIpc) is 2.06. The third kappa shape index (κ3) is 2.33. The van der Waals surface area contributed by atoms with E-state index in [1.54, 1.807) is 0 Å². The number of nitrogens with zero attached hydrogens (tertiary/aromatic N) is 1. The molecule has 0 amide bonds. The predicted octanol–water partition coefficient (Wildman–Crippen LogP) is 2.51. The molecular formula is C11H18N+. The molecule has 0 N–H and O–H groups in total. The molecule has 1 heterocycles. The molecule has 0 atom stereocenters. The Bertz CT molecular complexity index is 223. The van der Waals surface area contributed by atoms with Crippen molar-refractivity contribution in [3.63, 3.8) is 0 Å². The monoisotopic (exact) mass is 164 g/mol. The first-order valence-electron chi connectivity index (χ1n) is 4.73. The van der Waals surface area contributed by atoms with Gasteiger partial charge in [-0.2, -0.15) is 0 Å². The fraction of sp³-hybridized carbons (Fsp3) is 0.545. The van der Waals surface area contributed by atoms with Gasteiger partial charge in [-0.05, 0) is 25.8 Å². The van der Waals surface area contributed by atoms with Crippen molar-refractivity contribution in [1.29, 1.82) is 0 Å². The topological polar surface area (TPSA) is 3.88 Å². The largest absolute Gasteiger partial charge is 0.203 e. The van der Waals surface area contributed by atoms with E-state index in [0.717, 1.165) is 0 Å². The van der Waals surface area contributed by atoms with E-state index in [9.17, 15) is 0 Å². The standard InChI is InChI=1S/C11H18N/c1-4-5-11-6-8-12(9-7-11)10(2)3/h6-10H,4-5H2,1-3H3/q+1. The van der Waals surface area contributed by atoms with Gasteiger partial charge in [0.05, 0.1) is 0 Å². The molecule has 1 heteroatoms. The molecule has 0 radical (unpaired) electrons. The normalized spacial score (nSPS) is 10.7. The van der Waals surface area contributed by atoms with Crippen molar-refractivity contribution in [2.24, 2.45) is 0 Å². The third-order valence-corrected chi connectivity index (χ3v) is 2.06. The third-order valence-electron chi connectivity index (χ3n) is 2.06. The zero-order chi connectivity index (χ0) is 8.97. The van der Waals surface area contributed by atoms with Crippen molar-refractivity contribution >= 4 is 0 Å². The summed E-state index contributed by atoms with van der Waals surface area (Å²) in [5, 5.41) is 0. The van der Waals surface area contributed by atoms with E-state index in [1.165, 1.54) is 18.4 Å². The summed E-state index contributed by atoms with van der Waals surface area (Å²) in [7, 11) is 0.